The second-order valence-corrected chi connectivity index (χ2v) is 7.81. The maximum Gasteiger partial charge on any atom is 0.191 e. The van der Waals surface area contributed by atoms with Gasteiger partial charge in [0.2, 0.25) is 0 Å². The van der Waals surface area contributed by atoms with Crippen LogP contribution in [0.5, 0.6) is 0 Å². The van der Waals surface area contributed by atoms with Crippen LogP contribution in [-0.2, 0) is 18.3 Å². The van der Waals surface area contributed by atoms with Gasteiger partial charge in [0.15, 0.2) is 11.8 Å². The summed E-state index contributed by atoms with van der Waals surface area (Å²) in [6.07, 6.45) is 1.07. The molecule has 1 fully saturated rings. The number of aliphatic imine (C=N–C) groups is 1. The minimum absolute atomic E-state index is 0. The number of aryl methyl sites for hydroxylation is 1. The third kappa shape index (κ3) is 8.38. The summed E-state index contributed by atoms with van der Waals surface area (Å²) >= 11 is 0. The van der Waals surface area contributed by atoms with Crippen molar-refractivity contribution in [1.29, 1.82) is 0 Å². The summed E-state index contributed by atoms with van der Waals surface area (Å²) in [5.41, 5.74) is 1.32. The van der Waals surface area contributed by atoms with Crippen molar-refractivity contribution in [2.24, 2.45) is 12.0 Å². The van der Waals surface area contributed by atoms with Gasteiger partial charge in [0.1, 0.15) is 12.4 Å². The van der Waals surface area contributed by atoms with Gasteiger partial charge in [0.25, 0.3) is 0 Å². The third-order valence-corrected chi connectivity index (χ3v) is 5.55. The normalized spacial score (nSPS) is 15.9. The Morgan fingerprint density at radius 3 is 2.58 bits per heavy atom. The standard InChI is InChI=1S/C22H35N7O.HI/c1-18(20-8-5-4-6-9-20)16-24-22(25-17-21-27-26-19(2)28(21)3)23-10-7-11-29-12-14-30-15-13-29;/h4-6,8-9,18H,7,10-17H2,1-3H3,(H2,23,24,25);1H. The molecule has 1 aliphatic rings. The Bertz CT molecular complexity index is 790. The first-order chi connectivity index (χ1) is 14.6. The van der Waals surface area contributed by atoms with Crippen molar-refractivity contribution in [3.8, 4) is 0 Å². The Labute approximate surface area is 202 Å². The molecule has 1 atom stereocenters. The van der Waals surface area contributed by atoms with Gasteiger partial charge in [-0.2, -0.15) is 0 Å². The molecular weight excluding hydrogens is 505 g/mol. The van der Waals surface area contributed by atoms with E-state index in [1.807, 2.05) is 18.5 Å². The van der Waals surface area contributed by atoms with Crippen LogP contribution >= 0.6 is 24.0 Å². The number of halogens is 1. The van der Waals surface area contributed by atoms with Gasteiger partial charge in [-0.3, -0.25) is 4.90 Å². The summed E-state index contributed by atoms with van der Waals surface area (Å²) < 4.78 is 7.40. The van der Waals surface area contributed by atoms with Crippen molar-refractivity contribution in [1.82, 2.24) is 30.3 Å². The Kier molecular flexibility index (Phi) is 11.2. The van der Waals surface area contributed by atoms with E-state index in [9.17, 15) is 0 Å². The lowest BCUT2D eigenvalue weighted by atomic mass is 10.0. The Morgan fingerprint density at radius 2 is 1.90 bits per heavy atom. The van der Waals surface area contributed by atoms with Gasteiger partial charge in [0.05, 0.1) is 13.2 Å². The lowest BCUT2D eigenvalue weighted by Gasteiger charge is -2.26. The van der Waals surface area contributed by atoms with E-state index in [1.165, 1.54) is 5.56 Å². The zero-order chi connectivity index (χ0) is 21.2. The minimum atomic E-state index is 0. The fraction of sp³-hybridized carbons (Fsp3) is 0.591. The molecule has 2 heterocycles. The van der Waals surface area contributed by atoms with Gasteiger partial charge in [-0.1, -0.05) is 37.3 Å². The number of ether oxygens (including phenoxy) is 1. The van der Waals surface area contributed by atoms with Crippen molar-refractivity contribution >= 4 is 29.9 Å². The van der Waals surface area contributed by atoms with Gasteiger partial charge in [0, 0.05) is 33.2 Å². The molecule has 1 unspecified atom stereocenters. The largest absolute Gasteiger partial charge is 0.379 e. The summed E-state index contributed by atoms with van der Waals surface area (Å²) in [5.74, 6) is 2.97. The smallest absolute Gasteiger partial charge is 0.191 e. The Balaban J connectivity index is 0.00000341. The van der Waals surface area contributed by atoms with Gasteiger partial charge in [-0.05, 0) is 31.4 Å². The molecule has 31 heavy (non-hydrogen) atoms. The van der Waals surface area contributed by atoms with Crippen LogP contribution in [0.1, 0.15) is 36.5 Å². The summed E-state index contributed by atoms with van der Waals surface area (Å²) in [4.78, 5) is 7.21. The molecular formula is C22H36IN7O. The lowest BCUT2D eigenvalue weighted by molar-refractivity contribution is 0.0376. The molecule has 9 heteroatoms. The molecule has 1 aromatic carbocycles. The van der Waals surface area contributed by atoms with E-state index in [1.54, 1.807) is 0 Å². The minimum Gasteiger partial charge on any atom is -0.379 e. The van der Waals surface area contributed by atoms with Crippen molar-refractivity contribution in [3.63, 3.8) is 0 Å². The van der Waals surface area contributed by atoms with Gasteiger partial charge in [-0.25, -0.2) is 4.99 Å². The van der Waals surface area contributed by atoms with Crippen molar-refractivity contribution in [2.75, 3.05) is 45.9 Å². The quantitative estimate of drug-likeness (QED) is 0.220. The van der Waals surface area contributed by atoms with Crippen LogP contribution in [0.4, 0.5) is 0 Å². The highest BCUT2D eigenvalue weighted by Gasteiger charge is 2.11. The average Bonchev–Trinajstić information content (AvgIpc) is 3.11. The molecule has 2 aromatic rings. The number of guanidine groups is 1. The predicted molar refractivity (Wildman–Crippen MR) is 135 cm³/mol. The van der Waals surface area contributed by atoms with Gasteiger partial charge in [-0.15, -0.1) is 34.2 Å². The first-order valence-electron chi connectivity index (χ1n) is 10.9. The van der Waals surface area contributed by atoms with Crippen LogP contribution < -0.4 is 10.6 Å². The number of benzene rings is 1. The summed E-state index contributed by atoms with van der Waals surface area (Å²) in [5, 5.41) is 15.3. The zero-order valence-corrected chi connectivity index (χ0v) is 21.2. The third-order valence-electron chi connectivity index (χ3n) is 5.55. The molecule has 2 N–H and O–H groups in total. The number of nitrogens with zero attached hydrogens (tertiary/aromatic N) is 5. The molecule has 8 nitrogen and oxygen atoms in total. The van der Waals surface area contributed by atoms with Crippen molar-refractivity contribution < 1.29 is 4.74 Å². The fourth-order valence-corrected chi connectivity index (χ4v) is 3.40. The highest BCUT2D eigenvalue weighted by molar-refractivity contribution is 14.0. The monoisotopic (exact) mass is 541 g/mol. The van der Waals surface area contributed by atoms with Crippen LogP contribution in [-0.4, -0.2) is 71.6 Å². The summed E-state index contributed by atoms with van der Waals surface area (Å²) in [6.45, 7) is 11.2. The maximum absolute atomic E-state index is 5.42. The van der Waals surface area contributed by atoms with E-state index >= 15 is 0 Å². The molecule has 0 amide bonds. The first-order valence-corrected chi connectivity index (χ1v) is 10.9. The second-order valence-electron chi connectivity index (χ2n) is 7.81. The number of morpholine rings is 1. The number of nitrogens with one attached hydrogen (secondary N) is 2. The van der Waals surface area contributed by atoms with E-state index in [2.05, 4.69) is 63.0 Å². The zero-order valence-electron chi connectivity index (χ0n) is 18.9. The van der Waals surface area contributed by atoms with Crippen LogP contribution in [0.25, 0.3) is 0 Å². The predicted octanol–water partition coefficient (Wildman–Crippen LogP) is 2.30. The molecule has 1 aromatic heterocycles. The number of rotatable bonds is 9. The van der Waals surface area contributed by atoms with Crippen LogP contribution in [0.3, 0.4) is 0 Å². The molecule has 1 saturated heterocycles. The molecule has 0 spiro atoms. The summed E-state index contributed by atoms with van der Waals surface area (Å²) in [7, 11) is 1.97. The number of hydrogen-bond acceptors (Lipinski definition) is 5. The molecule has 1 aliphatic heterocycles. The van der Waals surface area contributed by atoms with Crippen LogP contribution in [0.2, 0.25) is 0 Å². The summed E-state index contributed by atoms with van der Waals surface area (Å²) in [6, 6.07) is 10.6. The van der Waals surface area contributed by atoms with Crippen molar-refractivity contribution in [3.05, 3.63) is 47.5 Å². The van der Waals surface area contributed by atoms with Crippen LogP contribution in [0.15, 0.2) is 35.3 Å². The molecule has 172 valence electrons. The van der Waals surface area contributed by atoms with E-state index in [4.69, 9.17) is 9.73 Å². The highest BCUT2D eigenvalue weighted by Crippen LogP contribution is 2.13. The number of aromatic nitrogens is 3. The van der Waals surface area contributed by atoms with E-state index in [-0.39, 0.29) is 24.0 Å². The average molecular weight is 541 g/mol. The molecule has 0 bridgehead atoms. The SMILES string of the molecule is Cc1nnc(CN=C(NCCCN2CCOCC2)NCC(C)c2ccccc2)n1C.I. The first kappa shape index (κ1) is 25.5. The van der Waals surface area contributed by atoms with E-state index < -0.39 is 0 Å². The Hall–Kier alpha value is -1.72. The maximum atomic E-state index is 5.42. The second kappa shape index (κ2) is 13.6. The number of hydrogen-bond donors (Lipinski definition) is 2. The fourth-order valence-electron chi connectivity index (χ4n) is 3.40. The topological polar surface area (TPSA) is 79.6 Å². The van der Waals surface area contributed by atoms with Crippen LogP contribution in [0, 0.1) is 6.92 Å². The molecule has 0 saturated carbocycles. The molecule has 0 radical (unpaired) electrons. The van der Waals surface area contributed by atoms with E-state index in [0.29, 0.717) is 12.5 Å². The lowest BCUT2D eigenvalue weighted by Crippen LogP contribution is -2.41. The van der Waals surface area contributed by atoms with Gasteiger partial charge < -0.3 is 19.9 Å². The molecule has 3 rings (SSSR count). The highest BCUT2D eigenvalue weighted by atomic mass is 127. The van der Waals surface area contributed by atoms with Crippen molar-refractivity contribution in [2.45, 2.75) is 32.7 Å². The van der Waals surface area contributed by atoms with Gasteiger partial charge >= 0.3 is 0 Å². The Morgan fingerprint density at radius 1 is 1.16 bits per heavy atom. The molecule has 0 aliphatic carbocycles. The van der Waals surface area contributed by atoms with E-state index in [0.717, 1.165) is 70.0 Å².